The molecule has 0 heterocycles. The number of carbonyl (C=O) groups is 2. The molecule has 1 atom stereocenters. The molecule has 0 aliphatic carbocycles. The number of benzene rings is 2. The van der Waals surface area contributed by atoms with Crippen molar-refractivity contribution in [3.05, 3.63) is 59.1 Å². The summed E-state index contributed by atoms with van der Waals surface area (Å²) in [5.74, 6) is 0. The Morgan fingerprint density at radius 3 is 2.11 bits per heavy atom. The number of carbonyl (C=O) groups excluding carboxylic acids is 2. The number of amides is 4. The number of halogens is 1. The molecule has 0 bridgehead atoms. The Hall–Kier alpha value is -2.67. The third kappa shape index (κ3) is 4.78. The number of rotatable bonds is 4. The maximum absolute atomic E-state index is 12.9. The summed E-state index contributed by atoms with van der Waals surface area (Å²) >= 11 is 2.24. The highest BCUT2D eigenvalue weighted by Crippen LogP contribution is 2.22. The number of nitrogens with one attached hydrogen (secondary N) is 1. The molecule has 0 saturated heterocycles. The van der Waals surface area contributed by atoms with Gasteiger partial charge in [-0.05, 0) is 43.3 Å². The first kappa shape index (κ1) is 21.6. The molecule has 2 aromatic rings. The van der Waals surface area contributed by atoms with Gasteiger partial charge in [0, 0.05) is 10.7 Å². The van der Waals surface area contributed by atoms with Crippen LogP contribution in [0.1, 0.15) is 5.56 Å². The minimum Gasteiger partial charge on any atom is -0.754 e. The van der Waals surface area contributed by atoms with Crippen LogP contribution in [0, 0.1) is 6.92 Å². The van der Waals surface area contributed by atoms with E-state index in [2.05, 4.69) is 5.32 Å². The van der Waals surface area contributed by atoms with E-state index in [-0.39, 0.29) is 10.1 Å². The fourth-order valence-corrected chi connectivity index (χ4v) is 4.14. The number of hydrogen-bond donors (Lipinski definition) is 2. The molecular weight excluding hydrogens is 432 g/mol. The average Bonchev–Trinajstić information content (AvgIpc) is 2.60. The Morgan fingerprint density at radius 1 is 1.11 bits per heavy atom. The van der Waals surface area contributed by atoms with Gasteiger partial charge in [0.15, 0.2) is 0 Å². The van der Waals surface area contributed by atoms with Gasteiger partial charge in [-0.2, -0.15) is 8.42 Å². The molecule has 13 heteroatoms. The fourth-order valence-electron chi connectivity index (χ4n) is 2.03. The van der Waals surface area contributed by atoms with Crippen LogP contribution in [0.15, 0.2) is 53.4 Å². The third-order valence-electron chi connectivity index (χ3n) is 3.31. The Labute approximate surface area is 168 Å². The topological polar surface area (TPSA) is 153 Å². The molecule has 0 saturated carbocycles. The van der Waals surface area contributed by atoms with E-state index in [4.69, 9.17) is 17.3 Å². The summed E-state index contributed by atoms with van der Waals surface area (Å²) in [6, 6.07) is 7.54. The zero-order valence-electron chi connectivity index (χ0n) is 14.2. The van der Waals surface area contributed by atoms with Crippen molar-refractivity contribution in [3.8, 4) is 0 Å². The first-order valence-corrected chi connectivity index (χ1v) is 10.3. The van der Waals surface area contributed by atoms with Gasteiger partial charge < -0.3 is 15.6 Å². The molecule has 0 radical (unpaired) electrons. The molecule has 0 aliphatic rings. The van der Waals surface area contributed by atoms with Crippen LogP contribution in [0.5, 0.6) is 0 Å². The van der Waals surface area contributed by atoms with E-state index in [1.807, 2.05) is 0 Å². The van der Waals surface area contributed by atoms with Gasteiger partial charge in [0.1, 0.15) is 0 Å². The minimum atomic E-state index is -4.81. The highest BCUT2D eigenvalue weighted by Gasteiger charge is 2.38. The van der Waals surface area contributed by atoms with E-state index in [0.29, 0.717) is 5.02 Å². The van der Waals surface area contributed by atoms with Crippen LogP contribution in [0.2, 0.25) is 5.02 Å². The largest absolute Gasteiger partial charge is 0.754 e. The smallest absolute Gasteiger partial charge is 0.356 e. The van der Waals surface area contributed by atoms with Gasteiger partial charge in [0.25, 0.3) is 10.0 Å². The monoisotopic (exact) mass is 445 g/mol. The summed E-state index contributed by atoms with van der Waals surface area (Å²) in [6.07, 6.45) is 0. The van der Waals surface area contributed by atoms with Crippen molar-refractivity contribution in [2.24, 2.45) is 5.73 Å². The number of nitrogens with two attached hydrogens (primary N) is 1. The van der Waals surface area contributed by atoms with Crippen molar-refractivity contribution >= 4 is 50.6 Å². The predicted octanol–water partition coefficient (Wildman–Crippen LogP) is 1.96. The molecule has 0 spiro atoms. The van der Waals surface area contributed by atoms with E-state index in [0.717, 1.165) is 17.7 Å². The average molecular weight is 446 g/mol. The van der Waals surface area contributed by atoms with Gasteiger partial charge in [-0.25, -0.2) is 13.8 Å². The van der Waals surface area contributed by atoms with Gasteiger partial charge in [-0.15, -0.1) is 8.83 Å². The first-order valence-electron chi connectivity index (χ1n) is 7.41. The lowest BCUT2D eigenvalue weighted by Crippen LogP contribution is -2.56. The molecule has 4 amide bonds. The van der Waals surface area contributed by atoms with Crippen molar-refractivity contribution in [2.75, 3.05) is 5.32 Å². The first-order chi connectivity index (χ1) is 13.0. The van der Waals surface area contributed by atoms with E-state index < -0.39 is 42.7 Å². The maximum Gasteiger partial charge on any atom is 0.356 e. The molecule has 2 aromatic carbocycles. The van der Waals surface area contributed by atoms with E-state index in [1.54, 1.807) is 6.92 Å². The standard InChI is InChI=1S/C15H15ClN4O6S2/c1-10-2-8-13(9-3-10)28(25,26)20(19(14(17)21)27(23)24)15(22)18-12-6-4-11(16)5-7-12/h2-9H,1H3,(H2,17,21)(H,18,22)(H,23,24)/p-1. The number of urea groups is 2. The third-order valence-corrected chi connectivity index (χ3v) is 5.94. The maximum atomic E-state index is 12.9. The number of hydrogen-bond acceptors (Lipinski definition) is 6. The lowest BCUT2D eigenvalue weighted by molar-refractivity contribution is 0.168. The molecule has 28 heavy (non-hydrogen) atoms. The SMILES string of the molecule is Cc1ccc(S(=O)(=O)N(C(=O)Nc2ccc(Cl)cc2)N(C(N)=O)S(=O)[O-])cc1. The second-order valence-corrected chi connectivity index (χ2v) is 8.31. The number of primary amides is 1. The van der Waals surface area contributed by atoms with Crippen molar-refractivity contribution < 1.29 is 26.8 Å². The van der Waals surface area contributed by atoms with Crippen LogP contribution >= 0.6 is 11.6 Å². The second kappa shape index (κ2) is 8.56. The van der Waals surface area contributed by atoms with Gasteiger partial charge >= 0.3 is 12.1 Å². The van der Waals surface area contributed by atoms with Crippen LogP contribution in [0.4, 0.5) is 15.3 Å². The minimum absolute atomic E-state index is 0.0969. The molecule has 2 rings (SSSR count). The van der Waals surface area contributed by atoms with Crippen LogP contribution < -0.4 is 11.1 Å². The van der Waals surface area contributed by atoms with Gasteiger partial charge in [0.05, 0.1) is 16.2 Å². The Balaban J connectivity index is 2.53. The second-order valence-electron chi connectivity index (χ2n) is 5.33. The van der Waals surface area contributed by atoms with Crippen LogP contribution in [0.25, 0.3) is 0 Å². The fraction of sp³-hybridized carbons (Fsp3) is 0.0667. The van der Waals surface area contributed by atoms with Gasteiger partial charge in [-0.1, -0.05) is 29.3 Å². The molecule has 3 N–H and O–H groups in total. The summed E-state index contributed by atoms with van der Waals surface area (Å²) in [7, 11) is -4.81. The van der Waals surface area contributed by atoms with E-state index in [1.165, 1.54) is 36.4 Å². The van der Waals surface area contributed by atoms with Crippen molar-refractivity contribution in [2.45, 2.75) is 11.8 Å². The quantitative estimate of drug-likeness (QED) is 0.541. The van der Waals surface area contributed by atoms with Gasteiger partial charge in [-0.3, -0.25) is 0 Å². The summed E-state index contributed by atoms with van der Waals surface area (Å²) in [4.78, 5) is 23.8. The Bertz CT molecular complexity index is 998. The highest BCUT2D eigenvalue weighted by molar-refractivity contribution is 7.90. The lowest BCUT2D eigenvalue weighted by Gasteiger charge is -2.32. The van der Waals surface area contributed by atoms with Crippen LogP contribution in [-0.4, -0.2) is 38.1 Å². The number of hydrazine groups is 1. The molecule has 0 aliphatic heterocycles. The lowest BCUT2D eigenvalue weighted by atomic mass is 10.2. The van der Waals surface area contributed by atoms with Crippen molar-refractivity contribution in [1.82, 2.24) is 8.83 Å². The summed E-state index contributed by atoms with van der Waals surface area (Å²) in [5, 5.41) is 2.52. The van der Waals surface area contributed by atoms with E-state index in [9.17, 15) is 26.8 Å². The zero-order chi connectivity index (χ0) is 21.1. The number of aryl methyl sites for hydroxylation is 1. The molecule has 0 aromatic heterocycles. The molecule has 150 valence electrons. The van der Waals surface area contributed by atoms with E-state index >= 15 is 0 Å². The summed E-state index contributed by atoms with van der Waals surface area (Å²) in [6.45, 7) is 1.70. The normalized spacial score (nSPS) is 12.1. The van der Waals surface area contributed by atoms with Gasteiger partial charge in [0.2, 0.25) is 0 Å². The molecule has 1 unspecified atom stereocenters. The Kier molecular flexibility index (Phi) is 6.61. The highest BCUT2D eigenvalue weighted by atomic mass is 35.5. The summed E-state index contributed by atoms with van der Waals surface area (Å²) in [5.41, 5.74) is 5.79. The number of nitrogens with zero attached hydrogens (tertiary/aromatic N) is 2. The van der Waals surface area contributed by atoms with Crippen molar-refractivity contribution in [1.29, 1.82) is 0 Å². The number of sulfonamides is 1. The molecule has 0 fully saturated rings. The predicted molar refractivity (Wildman–Crippen MR) is 101 cm³/mol. The summed E-state index contributed by atoms with van der Waals surface area (Å²) < 4.78 is 48.0. The molecule has 10 nitrogen and oxygen atoms in total. The Morgan fingerprint density at radius 2 is 1.64 bits per heavy atom. The van der Waals surface area contributed by atoms with Crippen LogP contribution in [-0.2, 0) is 21.3 Å². The molecular formula is C15H14ClN4O6S2-. The van der Waals surface area contributed by atoms with Crippen LogP contribution in [0.3, 0.4) is 0 Å². The zero-order valence-corrected chi connectivity index (χ0v) is 16.6. The van der Waals surface area contributed by atoms with Crippen molar-refractivity contribution in [3.63, 3.8) is 0 Å². The number of anilines is 1.